The number of hydrogen-bond donors (Lipinski definition) is 1. The molecule has 0 aliphatic rings. The van der Waals surface area contributed by atoms with Crippen molar-refractivity contribution >= 4 is 28.9 Å². The van der Waals surface area contributed by atoms with E-state index in [9.17, 15) is 9.59 Å². The van der Waals surface area contributed by atoms with Gasteiger partial charge >= 0.3 is 5.97 Å². The van der Waals surface area contributed by atoms with Gasteiger partial charge in [-0.25, -0.2) is 9.78 Å². The Morgan fingerprint density at radius 2 is 2.04 bits per heavy atom. The smallest absolute Gasteiger partial charge is 0.355 e. The molecule has 7 heteroatoms. The Bertz CT molecular complexity index is 884. The number of amides is 1. The molecule has 0 bridgehead atoms. The molecule has 3 aromatic rings. The number of carbonyl (C=O) groups is 2. The van der Waals surface area contributed by atoms with Crippen molar-refractivity contribution < 1.29 is 18.7 Å². The molecule has 0 aliphatic heterocycles. The maximum atomic E-state index is 12.2. The fourth-order valence-corrected chi connectivity index (χ4v) is 2.91. The van der Waals surface area contributed by atoms with Crippen LogP contribution in [0.1, 0.15) is 30.9 Å². The van der Waals surface area contributed by atoms with Gasteiger partial charge in [-0.2, -0.15) is 0 Å². The molecular formula is C17H14N2O4S. The van der Waals surface area contributed by atoms with E-state index in [-0.39, 0.29) is 11.7 Å². The third-order valence-corrected chi connectivity index (χ3v) is 4.19. The highest BCUT2D eigenvalue weighted by Gasteiger charge is 2.16. The van der Waals surface area contributed by atoms with Crippen LogP contribution in [0.4, 0.5) is 5.69 Å². The van der Waals surface area contributed by atoms with Crippen molar-refractivity contribution in [2.75, 3.05) is 5.32 Å². The lowest BCUT2D eigenvalue weighted by molar-refractivity contribution is 0.0739. The molecule has 1 amide bonds. The minimum Gasteiger partial charge on any atom is -0.459 e. The predicted octanol–water partition coefficient (Wildman–Crippen LogP) is 3.82. The largest absolute Gasteiger partial charge is 0.459 e. The quantitative estimate of drug-likeness (QED) is 0.576. The fourth-order valence-electron chi connectivity index (χ4n) is 2.11. The van der Waals surface area contributed by atoms with Crippen LogP contribution in [0.5, 0.6) is 5.75 Å². The number of thiazole rings is 1. The van der Waals surface area contributed by atoms with Crippen LogP contribution in [-0.2, 0) is 0 Å². The van der Waals surface area contributed by atoms with E-state index in [1.807, 2.05) is 6.92 Å². The lowest BCUT2D eigenvalue weighted by Crippen LogP contribution is -2.11. The van der Waals surface area contributed by atoms with Crippen molar-refractivity contribution in [1.29, 1.82) is 0 Å². The van der Waals surface area contributed by atoms with E-state index in [0.29, 0.717) is 22.0 Å². The van der Waals surface area contributed by atoms with Gasteiger partial charge in [0.1, 0.15) is 10.6 Å². The lowest BCUT2D eigenvalue weighted by Gasteiger charge is -2.07. The third-order valence-electron chi connectivity index (χ3n) is 3.14. The molecule has 122 valence electrons. The Morgan fingerprint density at radius 3 is 2.71 bits per heavy atom. The van der Waals surface area contributed by atoms with Crippen LogP contribution >= 0.6 is 11.3 Å². The molecule has 6 nitrogen and oxygen atoms in total. The van der Waals surface area contributed by atoms with Crippen LogP contribution in [0.15, 0.2) is 47.1 Å². The SMILES string of the molecule is Cc1nc(C)c(C(=O)Oc2cccc(NC(=O)c3ccco3)c2)s1. The van der Waals surface area contributed by atoms with Crippen LogP contribution in [-0.4, -0.2) is 16.9 Å². The Hall–Kier alpha value is -2.93. The van der Waals surface area contributed by atoms with Crippen molar-refractivity contribution in [3.63, 3.8) is 0 Å². The molecule has 0 unspecified atom stereocenters. The van der Waals surface area contributed by atoms with E-state index >= 15 is 0 Å². The fraction of sp³-hybridized carbons (Fsp3) is 0.118. The highest BCUT2D eigenvalue weighted by molar-refractivity contribution is 7.13. The number of ether oxygens (including phenoxy) is 1. The number of hydrogen-bond acceptors (Lipinski definition) is 6. The highest BCUT2D eigenvalue weighted by atomic mass is 32.1. The maximum absolute atomic E-state index is 12.2. The van der Waals surface area contributed by atoms with Crippen LogP contribution in [0.25, 0.3) is 0 Å². The van der Waals surface area contributed by atoms with Crippen molar-refractivity contribution in [2.24, 2.45) is 0 Å². The third kappa shape index (κ3) is 3.52. The molecule has 2 heterocycles. The van der Waals surface area contributed by atoms with Gasteiger partial charge in [-0.15, -0.1) is 11.3 Å². The summed E-state index contributed by atoms with van der Waals surface area (Å²) in [4.78, 5) is 28.9. The number of benzene rings is 1. The zero-order valence-corrected chi connectivity index (χ0v) is 13.8. The minimum absolute atomic E-state index is 0.202. The zero-order chi connectivity index (χ0) is 17.1. The van der Waals surface area contributed by atoms with Gasteiger partial charge in [0.05, 0.1) is 17.0 Å². The molecule has 0 radical (unpaired) electrons. The summed E-state index contributed by atoms with van der Waals surface area (Å²) in [6, 6.07) is 9.79. The monoisotopic (exact) mass is 342 g/mol. The first-order valence-corrected chi connectivity index (χ1v) is 7.95. The topological polar surface area (TPSA) is 81.4 Å². The van der Waals surface area contributed by atoms with Crippen LogP contribution in [0.2, 0.25) is 0 Å². The van der Waals surface area contributed by atoms with Gasteiger partial charge in [-0.3, -0.25) is 4.79 Å². The normalized spacial score (nSPS) is 10.4. The van der Waals surface area contributed by atoms with Gasteiger partial charge < -0.3 is 14.5 Å². The molecule has 0 spiro atoms. The Labute approximate surface area is 142 Å². The van der Waals surface area contributed by atoms with E-state index in [4.69, 9.17) is 9.15 Å². The second-order valence-electron chi connectivity index (χ2n) is 5.00. The number of esters is 1. The molecule has 0 fully saturated rings. The summed E-state index contributed by atoms with van der Waals surface area (Å²) in [7, 11) is 0. The molecule has 0 aliphatic carbocycles. The van der Waals surface area contributed by atoms with Gasteiger partial charge in [-0.1, -0.05) is 6.07 Å². The first-order valence-electron chi connectivity index (χ1n) is 7.14. The standard InChI is InChI=1S/C17H14N2O4S/c1-10-15(24-11(2)18-10)17(21)23-13-6-3-5-12(9-13)19-16(20)14-7-4-8-22-14/h3-9H,1-2H3,(H,19,20). The molecule has 24 heavy (non-hydrogen) atoms. The average molecular weight is 342 g/mol. The minimum atomic E-state index is -0.465. The van der Waals surface area contributed by atoms with Crippen molar-refractivity contribution in [3.8, 4) is 5.75 Å². The molecule has 1 aromatic carbocycles. The number of carbonyl (C=O) groups excluding carboxylic acids is 2. The molecule has 2 aromatic heterocycles. The van der Waals surface area contributed by atoms with Crippen LogP contribution in [0, 0.1) is 13.8 Å². The number of furan rings is 1. The summed E-state index contributed by atoms with van der Waals surface area (Å²) >= 11 is 1.29. The Kier molecular flexibility index (Phi) is 4.43. The summed E-state index contributed by atoms with van der Waals surface area (Å²) < 4.78 is 10.4. The predicted molar refractivity (Wildman–Crippen MR) is 89.6 cm³/mol. The molecule has 0 saturated carbocycles. The number of anilines is 1. The second-order valence-corrected chi connectivity index (χ2v) is 6.20. The summed E-state index contributed by atoms with van der Waals surface area (Å²) in [6.07, 6.45) is 1.42. The van der Waals surface area contributed by atoms with E-state index in [0.717, 1.165) is 5.01 Å². The molecular weight excluding hydrogens is 328 g/mol. The first-order chi connectivity index (χ1) is 11.5. The molecule has 0 saturated heterocycles. The van der Waals surface area contributed by atoms with Crippen LogP contribution < -0.4 is 10.1 Å². The van der Waals surface area contributed by atoms with E-state index in [1.165, 1.54) is 17.6 Å². The lowest BCUT2D eigenvalue weighted by atomic mass is 10.3. The number of rotatable bonds is 4. The van der Waals surface area contributed by atoms with E-state index in [2.05, 4.69) is 10.3 Å². The number of nitrogens with one attached hydrogen (secondary N) is 1. The van der Waals surface area contributed by atoms with E-state index in [1.54, 1.807) is 43.3 Å². The molecule has 1 N–H and O–H groups in total. The van der Waals surface area contributed by atoms with Gasteiger partial charge in [0.25, 0.3) is 5.91 Å². The number of nitrogens with zero attached hydrogens (tertiary/aromatic N) is 1. The van der Waals surface area contributed by atoms with Gasteiger partial charge in [0, 0.05) is 11.8 Å². The van der Waals surface area contributed by atoms with Crippen molar-refractivity contribution in [3.05, 3.63) is 64.0 Å². The number of aromatic nitrogens is 1. The zero-order valence-electron chi connectivity index (χ0n) is 13.0. The van der Waals surface area contributed by atoms with Crippen molar-refractivity contribution in [2.45, 2.75) is 13.8 Å². The summed E-state index contributed by atoms with van der Waals surface area (Å²) in [5.41, 5.74) is 1.14. The average Bonchev–Trinajstić information content (AvgIpc) is 3.17. The first kappa shape index (κ1) is 15.9. The van der Waals surface area contributed by atoms with E-state index < -0.39 is 5.97 Å². The maximum Gasteiger partial charge on any atom is 0.355 e. The summed E-state index contributed by atoms with van der Waals surface area (Å²) in [5.74, 6) is -0.305. The number of aryl methyl sites for hydroxylation is 2. The highest BCUT2D eigenvalue weighted by Crippen LogP contribution is 2.22. The Morgan fingerprint density at radius 1 is 1.21 bits per heavy atom. The summed E-state index contributed by atoms with van der Waals surface area (Å²) in [5, 5.41) is 3.48. The van der Waals surface area contributed by atoms with Crippen molar-refractivity contribution in [1.82, 2.24) is 4.98 Å². The van der Waals surface area contributed by atoms with Gasteiger partial charge in [-0.05, 0) is 38.1 Å². The summed E-state index contributed by atoms with van der Waals surface area (Å²) in [6.45, 7) is 3.60. The second kappa shape index (κ2) is 6.67. The van der Waals surface area contributed by atoms with Gasteiger partial charge in [0.15, 0.2) is 5.76 Å². The van der Waals surface area contributed by atoms with Crippen LogP contribution in [0.3, 0.4) is 0 Å². The molecule has 3 rings (SSSR count). The van der Waals surface area contributed by atoms with Gasteiger partial charge in [0.2, 0.25) is 0 Å². The Balaban J connectivity index is 1.72. The molecule has 0 atom stereocenters.